The smallest absolute Gasteiger partial charge is 0.295 e. The first-order valence-corrected chi connectivity index (χ1v) is 12.5. The van der Waals surface area contributed by atoms with Crippen LogP contribution in [0.4, 0.5) is 0 Å². The van der Waals surface area contributed by atoms with Gasteiger partial charge in [0.15, 0.2) is 0 Å². The van der Waals surface area contributed by atoms with E-state index in [0.29, 0.717) is 29.0 Å². The van der Waals surface area contributed by atoms with Gasteiger partial charge in [0, 0.05) is 39.2 Å². The number of rotatable bonds is 7. The van der Waals surface area contributed by atoms with Crippen LogP contribution in [0.1, 0.15) is 22.7 Å². The molecular formula is C29H25BrN2O5. The van der Waals surface area contributed by atoms with E-state index in [-0.39, 0.29) is 17.9 Å². The quantitative estimate of drug-likeness (QED) is 0.174. The minimum Gasteiger partial charge on any atom is -0.507 e. The number of carbonyl (C=O) groups excluding carboxylic acids is 2. The number of Topliss-reactive ketones (excluding diaryl/α,β-unsaturated/α-hetero) is 1. The lowest BCUT2D eigenvalue weighted by Gasteiger charge is -2.27. The van der Waals surface area contributed by atoms with Crippen LogP contribution in [0.2, 0.25) is 0 Å². The maximum absolute atomic E-state index is 13.4. The molecule has 0 bridgehead atoms. The predicted molar refractivity (Wildman–Crippen MR) is 145 cm³/mol. The first kappa shape index (κ1) is 24.6. The van der Waals surface area contributed by atoms with Gasteiger partial charge in [0.1, 0.15) is 17.3 Å². The number of amides is 1. The number of hydrogen-bond acceptors (Lipinski definition) is 5. The van der Waals surface area contributed by atoms with Crippen LogP contribution in [0.15, 0.2) is 83.0 Å². The third-order valence-electron chi connectivity index (χ3n) is 6.69. The van der Waals surface area contributed by atoms with Gasteiger partial charge in [-0.1, -0.05) is 46.3 Å². The SMILES string of the molecule is COc1ccc(OC)c(C2/C(=C(\O)c3ccc(Br)cc3)C(=O)C(=O)N2CCc2c[nH]c3ccccc23)c1. The van der Waals surface area contributed by atoms with E-state index in [2.05, 4.69) is 20.9 Å². The molecule has 188 valence electrons. The Morgan fingerprint density at radius 1 is 1.03 bits per heavy atom. The lowest BCUT2D eigenvalue weighted by Crippen LogP contribution is -2.31. The Balaban J connectivity index is 1.63. The maximum Gasteiger partial charge on any atom is 0.295 e. The topological polar surface area (TPSA) is 91.9 Å². The van der Waals surface area contributed by atoms with E-state index in [1.165, 1.54) is 12.0 Å². The molecule has 0 aliphatic carbocycles. The number of likely N-dealkylation sites (tertiary alicyclic amines) is 1. The highest BCUT2D eigenvalue weighted by molar-refractivity contribution is 9.10. The highest BCUT2D eigenvalue weighted by Crippen LogP contribution is 2.44. The van der Waals surface area contributed by atoms with Crippen LogP contribution in [0.25, 0.3) is 16.7 Å². The summed E-state index contributed by atoms with van der Waals surface area (Å²) in [6.45, 7) is 0.259. The van der Waals surface area contributed by atoms with Crippen molar-refractivity contribution in [1.29, 1.82) is 0 Å². The zero-order chi connectivity index (χ0) is 26.1. The first-order chi connectivity index (χ1) is 17.9. The summed E-state index contributed by atoms with van der Waals surface area (Å²) < 4.78 is 11.9. The zero-order valence-corrected chi connectivity index (χ0v) is 21.9. The third-order valence-corrected chi connectivity index (χ3v) is 7.21. The van der Waals surface area contributed by atoms with Crippen molar-refractivity contribution in [2.75, 3.05) is 20.8 Å². The average Bonchev–Trinajstić information content (AvgIpc) is 3.45. The molecule has 7 nitrogen and oxygen atoms in total. The van der Waals surface area contributed by atoms with Crippen molar-refractivity contribution < 1.29 is 24.2 Å². The van der Waals surface area contributed by atoms with E-state index in [0.717, 1.165) is 20.9 Å². The summed E-state index contributed by atoms with van der Waals surface area (Å²) in [5.41, 5.74) is 3.03. The molecule has 1 aliphatic rings. The van der Waals surface area contributed by atoms with Gasteiger partial charge in [0.05, 0.1) is 25.8 Å². The maximum atomic E-state index is 13.4. The minimum absolute atomic E-state index is 0.0119. The Bertz CT molecular complexity index is 1520. The van der Waals surface area contributed by atoms with Gasteiger partial charge in [0.25, 0.3) is 11.7 Å². The van der Waals surface area contributed by atoms with Crippen molar-refractivity contribution in [3.05, 3.63) is 99.7 Å². The van der Waals surface area contributed by atoms with Gasteiger partial charge in [0.2, 0.25) is 0 Å². The summed E-state index contributed by atoms with van der Waals surface area (Å²) in [7, 11) is 3.07. The standard InChI is InChI=1S/C29H25BrN2O5/c1-36-20-11-12-24(37-2)22(15-20)26-25(27(33)17-7-9-19(30)10-8-17)28(34)29(35)32(26)14-13-18-16-31-23-6-4-3-5-21(18)23/h3-12,15-16,26,31,33H,13-14H2,1-2H3/b27-25+. The molecule has 0 saturated carbocycles. The lowest BCUT2D eigenvalue weighted by molar-refractivity contribution is -0.139. The van der Waals surface area contributed by atoms with Crippen LogP contribution >= 0.6 is 15.9 Å². The number of aliphatic hydroxyl groups is 1. The van der Waals surface area contributed by atoms with E-state index >= 15 is 0 Å². The normalized spacial score (nSPS) is 16.9. The number of carbonyl (C=O) groups is 2. The molecule has 2 heterocycles. The summed E-state index contributed by atoms with van der Waals surface area (Å²) in [5, 5.41) is 12.4. The number of para-hydroxylation sites is 1. The molecule has 1 fully saturated rings. The second-order valence-corrected chi connectivity index (χ2v) is 9.63. The van der Waals surface area contributed by atoms with E-state index in [4.69, 9.17) is 9.47 Å². The molecule has 1 aliphatic heterocycles. The fraction of sp³-hybridized carbons (Fsp3) is 0.172. The third kappa shape index (κ3) is 4.49. The largest absolute Gasteiger partial charge is 0.507 e. The number of nitrogens with zero attached hydrogens (tertiary/aromatic N) is 1. The molecule has 1 aromatic heterocycles. The van der Waals surface area contributed by atoms with E-state index < -0.39 is 17.7 Å². The number of aromatic nitrogens is 1. The molecule has 37 heavy (non-hydrogen) atoms. The molecule has 0 radical (unpaired) electrons. The van der Waals surface area contributed by atoms with Crippen molar-refractivity contribution in [2.24, 2.45) is 0 Å². The van der Waals surface area contributed by atoms with Gasteiger partial charge < -0.3 is 24.5 Å². The molecule has 3 aromatic carbocycles. The summed E-state index contributed by atoms with van der Waals surface area (Å²) >= 11 is 3.39. The van der Waals surface area contributed by atoms with E-state index in [1.807, 2.05) is 30.5 Å². The summed E-state index contributed by atoms with van der Waals surface area (Å²) in [6.07, 6.45) is 2.43. The number of H-pyrrole nitrogens is 1. The number of benzene rings is 3. The second-order valence-electron chi connectivity index (χ2n) is 8.72. The van der Waals surface area contributed by atoms with Gasteiger partial charge in [-0.25, -0.2) is 0 Å². The Morgan fingerprint density at radius 3 is 2.51 bits per heavy atom. The molecule has 8 heteroatoms. The number of aromatic amines is 1. The number of aliphatic hydroxyl groups excluding tert-OH is 1. The van der Waals surface area contributed by atoms with Gasteiger partial charge in [-0.2, -0.15) is 0 Å². The highest BCUT2D eigenvalue weighted by Gasteiger charge is 2.47. The van der Waals surface area contributed by atoms with Gasteiger partial charge in [-0.3, -0.25) is 9.59 Å². The zero-order valence-electron chi connectivity index (χ0n) is 20.3. The monoisotopic (exact) mass is 560 g/mol. The van der Waals surface area contributed by atoms with E-state index in [9.17, 15) is 14.7 Å². The van der Waals surface area contributed by atoms with Crippen LogP contribution in [-0.4, -0.2) is 47.4 Å². The van der Waals surface area contributed by atoms with Crippen molar-refractivity contribution >= 4 is 44.3 Å². The molecule has 1 atom stereocenters. The van der Waals surface area contributed by atoms with Gasteiger partial charge in [-0.15, -0.1) is 0 Å². The lowest BCUT2D eigenvalue weighted by atomic mass is 9.94. The van der Waals surface area contributed by atoms with Crippen molar-refractivity contribution in [3.63, 3.8) is 0 Å². The number of ketones is 1. The Labute approximate surface area is 222 Å². The fourth-order valence-corrected chi connectivity index (χ4v) is 5.09. The molecule has 1 amide bonds. The molecule has 1 saturated heterocycles. The molecule has 0 spiro atoms. The van der Waals surface area contributed by atoms with Crippen LogP contribution in [0.3, 0.4) is 0 Å². The van der Waals surface area contributed by atoms with Crippen LogP contribution in [0.5, 0.6) is 11.5 Å². The molecule has 2 N–H and O–H groups in total. The van der Waals surface area contributed by atoms with Crippen LogP contribution < -0.4 is 9.47 Å². The van der Waals surface area contributed by atoms with Crippen molar-refractivity contribution in [2.45, 2.75) is 12.5 Å². The van der Waals surface area contributed by atoms with Crippen LogP contribution in [0, 0.1) is 0 Å². The summed E-state index contributed by atoms with van der Waals surface area (Å²) in [5.74, 6) is -0.633. The number of fused-ring (bicyclic) bond motifs is 1. The number of hydrogen-bond donors (Lipinski definition) is 2. The van der Waals surface area contributed by atoms with Crippen LogP contribution in [-0.2, 0) is 16.0 Å². The number of methoxy groups -OCH3 is 2. The average molecular weight is 561 g/mol. The number of halogens is 1. The number of nitrogens with one attached hydrogen (secondary N) is 1. The summed E-state index contributed by atoms with van der Waals surface area (Å²) in [4.78, 5) is 31.6. The predicted octanol–water partition coefficient (Wildman–Crippen LogP) is 5.61. The molecular weight excluding hydrogens is 536 g/mol. The molecule has 4 aromatic rings. The van der Waals surface area contributed by atoms with E-state index in [1.54, 1.807) is 49.6 Å². The Hall–Kier alpha value is -4.04. The van der Waals surface area contributed by atoms with Crippen molar-refractivity contribution in [3.8, 4) is 11.5 Å². The Morgan fingerprint density at radius 2 is 1.78 bits per heavy atom. The first-order valence-electron chi connectivity index (χ1n) is 11.7. The minimum atomic E-state index is -0.862. The fourth-order valence-electron chi connectivity index (χ4n) is 4.83. The molecule has 1 unspecified atom stereocenters. The van der Waals surface area contributed by atoms with Gasteiger partial charge in [-0.05, 0) is 48.4 Å². The van der Waals surface area contributed by atoms with Crippen molar-refractivity contribution in [1.82, 2.24) is 9.88 Å². The second kappa shape index (κ2) is 10.1. The van der Waals surface area contributed by atoms with Gasteiger partial charge >= 0.3 is 0 Å². The highest BCUT2D eigenvalue weighted by atomic mass is 79.9. The Kier molecular flexibility index (Phi) is 6.76. The summed E-state index contributed by atoms with van der Waals surface area (Å²) in [6, 6.07) is 19.2. The molecule has 5 rings (SSSR count). The number of ether oxygens (including phenoxy) is 2.